The number of aromatic nitrogens is 1. The van der Waals surface area contributed by atoms with E-state index in [4.69, 9.17) is 4.74 Å². The van der Waals surface area contributed by atoms with Crippen molar-refractivity contribution < 1.29 is 9.66 Å². The van der Waals surface area contributed by atoms with E-state index in [0.29, 0.717) is 24.8 Å². The minimum atomic E-state index is -0.447. The fourth-order valence-corrected chi connectivity index (χ4v) is 1.35. The fraction of sp³-hybridized carbons (Fsp3) is 0.500. The molecule has 0 radical (unpaired) electrons. The number of methoxy groups -OCH3 is 1. The zero-order valence-corrected chi connectivity index (χ0v) is 10.1. The molecule has 0 bridgehead atoms. The van der Waals surface area contributed by atoms with Gasteiger partial charge in [-0.05, 0) is 7.05 Å². The van der Waals surface area contributed by atoms with Crippen molar-refractivity contribution in [1.29, 1.82) is 0 Å². The van der Waals surface area contributed by atoms with Crippen molar-refractivity contribution in [1.82, 2.24) is 10.3 Å². The highest BCUT2D eigenvalue weighted by atomic mass is 16.6. The van der Waals surface area contributed by atoms with Gasteiger partial charge in [0.1, 0.15) is 0 Å². The number of hydrogen-bond acceptors (Lipinski definition) is 6. The molecule has 7 nitrogen and oxygen atoms in total. The number of anilines is 1. The van der Waals surface area contributed by atoms with E-state index < -0.39 is 4.92 Å². The Bertz CT molecular complexity index is 397. The molecule has 1 heterocycles. The first-order valence-corrected chi connectivity index (χ1v) is 5.15. The normalized spacial score (nSPS) is 10.1. The summed E-state index contributed by atoms with van der Waals surface area (Å²) in [6.07, 6.45) is 0. The van der Waals surface area contributed by atoms with Crippen molar-refractivity contribution in [2.75, 3.05) is 39.2 Å². The maximum absolute atomic E-state index is 10.9. The van der Waals surface area contributed by atoms with Crippen LogP contribution >= 0.6 is 0 Å². The maximum Gasteiger partial charge on any atom is 0.311 e. The first-order valence-electron chi connectivity index (χ1n) is 5.15. The Labute approximate surface area is 99.6 Å². The van der Waals surface area contributed by atoms with Gasteiger partial charge in [0.15, 0.2) is 0 Å². The minimum absolute atomic E-state index is 0.0237. The Kier molecular flexibility index (Phi) is 4.65. The molecule has 0 aliphatic rings. The number of hydrogen-bond donors (Lipinski definition) is 1. The molecule has 0 saturated heterocycles. The molecular formula is C10H16N4O3. The molecule has 0 spiro atoms. The summed E-state index contributed by atoms with van der Waals surface area (Å²) in [6.45, 7) is 1.34. The molecule has 17 heavy (non-hydrogen) atoms. The molecule has 1 N–H and O–H groups in total. The monoisotopic (exact) mass is 240 g/mol. The van der Waals surface area contributed by atoms with E-state index >= 15 is 0 Å². The molecular weight excluding hydrogens is 224 g/mol. The van der Waals surface area contributed by atoms with Gasteiger partial charge in [-0.1, -0.05) is 0 Å². The van der Waals surface area contributed by atoms with Crippen LogP contribution in [0.15, 0.2) is 12.1 Å². The largest absolute Gasteiger partial charge is 0.481 e. The standard InChI is InChI=1S/C10H16N4O3/c1-11-6-7-13(2)10-8(14(15)16)4-5-9(12-10)17-3/h4-5,11H,6-7H2,1-3H3. The maximum atomic E-state index is 10.9. The Morgan fingerprint density at radius 1 is 1.59 bits per heavy atom. The van der Waals surface area contributed by atoms with Crippen molar-refractivity contribution in [3.63, 3.8) is 0 Å². The van der Waals surface area contributed by atoms with Crippen LogP contribution in [0.2, 0.25) is 0 Å². The molecule has 0 saturated carbocycles. The summed E-state index contributed by atoms with van der Waals surface area (Å²) in [5.41, 5.74) is -0.0237. The molecule has 1 aromatic heterocycles. The average molecular weight is 240 g/mol. The van der Waals surface area contributed by atoms with Crippen LogP contribution in [0.3, 0.4) is 0 Å². The molecule has 0 atom stereocenters. The van der Waals surface area contributed by atoms with E-state index in [1.54, 1.807) is 11.9 Å². The average Bonchev–Trinajstić information content (AvgIpc) is 2.34. The Balaban J connectivity index is 3.03. The molecule has 0 aromatic carbocycles. The van der Waals surface area contributed by atoms with Crippen molar-refractivity contribution in [3.8, 4) is 5.88 Å². The lowest BCUT2D eigenvalue weighted by Gasteiger charge is -2.18. The fourth-order valence-electron chi connectivity index (χ4n) is 1.35. The predicted molar refractivity (Wildman–Crippen MR) is 64.6 cm³/mol. The number of ether oxygens (including phenoxy) is 1. The van der Waals surface area contributed by atoms with E-state index in [1.165, 1.54) is 19.2 Å². The van der Waals surface area contributed by atoms with Crippen LogP contribution < -0.4 is 15.0 Å². The lowest BCUT2D eigenvalue weighted by atomic mass is 10.3. The highest BCUT2D eigenvalue weighted by Gasteiger charge is 2.19. The van der Waals surface area contributed by atoms with E-state index in [-0.39, 0.29) is 5.69 Å². The summed E-state index contributed by atoms with van der Waals surface area (Å²) < 4.78 is 4.97. The molecule has 0 aliphatic heterocycles. The predicted octanol–water partition coefficient (Wildman–Crippen LogP) is 0.654. The van der Waals surface area contributed by atoms with Crippen LogP contribution in [0.25, 0.3) is 0 Å². The van der Waals surface area contributed by atoms with Gasteiger partial charge < -0.3 is 15.0 Å². The molecule has 94 valence electrons. The highest BCUT2D eigenvalue weighted by molar-refractivity contribution is 5.58. The van der Waals surface area contributed by atoms with Crippen molar-refractivity contribution in [3.05, 3.63) is 22.2 Å². The van der Waals surface area contributed by atoms with E-state index in [1.807, 2.05) is 7.05 Å². The summed E-state index contributed by atoms with van der Waals surface area (Å²) in [5, 5.41) is 13.9. The molecule has 0 amide bonds. The Hall–Kier alpha value is -1.89. The number of nitrogens with zero attached hydrogens (tertiary/aromatic N) is 3. The number of pyridine rings is 1. The van der Waals surface area contributed by atoms with E-state index in [2.05, 4.69) is 10.3 Å². The smallest absolute Gasteiger partial charge is 0.311 e. The summed E-state index contributed by atoms with van der Waals surface area (Å²) in [6, 6.07) is 2.88. The van der Waals surface area contributed by atoms with Gasteiger partial charge >= 0.3 is 5.69 Å². The second-order valence-electron chi connectivity index (χ2n) is 3.48. The lowest BCUT2D eigenvalue weighted by molar-refractivity contribution is -0.384. The minimum Gasteiger partial charge on any atom is -0.481 e. The second-order valence-corrected chi connectivity index (χ2v) is 3.48. The molecule has 1 rings (SSSR count). The zero-order valence-electron chi connectivity index (χ0n) is 10.1. The SMILES string of the molecule is CNCCN(C)c1nc(OC)ccc1[N+](=O)[O-]. The van der Waals surface area contributed by atoms with Gasteiger partial charge in [0, 0.05) is 32.3 Å². The third-order valence-corrected chi connectivity index (χ3v) is 2.29. The van der Waals surface area contributed by atoms with Crippen molar-refractivity contribution >= 4 is 11.5 Å². The van der Waals surface area contributed by atoms with Crippen molar-refractivity contribution in [2.24, 2.45) is 0 Å². The molecule has 7 heteroatoms. The summed E-state index contributed by atoms with van der Waals surface area (Å²) in [4.78, 5) is 16.3. The van der Waals surface area contributed by atoms with Crippen molar-refractivity contribution in [2.45, 2.75) is 0 Å². The van der Waals surface area contributed by atoms with E-state index in [9.17, 15) is 10.1 Å². The first kappa shape index (κ1) is 13.2. The summed E-state index contributed by atoms with van der Waals surface area (Å²) in [5.74, 6) is 0.673. The highest BCUT2D eigenvalue weighted by Crippen LogP contribution is 2.27. The summed E-state index contributed by atoms with van der Waals surface area (Å²) in [7, 11) is 5.05. The molecule has 1 aromatic rings. The van der Waals surface area contributed by atoms with Gasteiger partial charge in [0.25, 0.3) is 0 Å². The van der Waals surface area contributed by atoms with Crippen LogP contribution in [-0.4, -0.2) is 44.2 Å². The van der Waals surface area contributed by atoms with Gasteiger partial charge in [0.05, 0.1) is 12.0 Å². The van der Waals surface area contributed by atoms with E-state index in [0.717, 1.165) is 0 Å². The molecule has 0 unspecified atom stereocenters. The quantitative estimate of drug-likeness (QED) is 0.581. The van der Waals surface area contributed by atoms with Gasteiger partial charge in [0.2, 0.25) is 11.7 Å². The molecule has 0 fully saturated rings. The third-order valence-electron chi connectivity index (χ3n) is 2.29. The van der Waals surface area contributed by atoms with Crippen LogP contribution in [0.4, 0.5) is 11.5 Å². The zero-order chi connectivity index (χ0) is 12.8. The lowest BCUT2D eigenvalue weighted by Crippen LogP contribution is -2.28. The first-order chi connectivity index (χ1) is 8.10. The second kappa shape index (κ2) is 6.00. The number of nitrogens with one attached hydrogen (secondary N) is 1. The van der Waals surface area contributed by atoms with Gasteiger partial charge in [-0.3, -0.25) is 10.1 Å². The third kappa shape index (κ3) is 3.28. The summed E-state index contributed by atoms with van der Waals surface area (Å²) >= 11 is 0. The number of nitro groups is 1. The number of rotatable bonds is 6. The van der Waals surface area contributed by atoms with Crippen LogP contribution in [0.5, 0.6) is 5.88 Å². The van der Waals surface area contributed by atoms with Crippen LogP contribution in [0, 0.1) is 10.1 Å². The Morgan fingerprint density at radius 3 is 2.82 bits per heavy atom. The number of likely N-dealkylation sites (N-methyl/N-ethyl adjacent to an activating group) is 2. The van der Waals surface area contributed by atoms with Crippen LogP contribution in [-0.2, 0) is 0 Å². The van der Waals surface area contributed by atoms with Gasteiger partial charge in [-0.25, -0.2) is 0 Å². The van der Waals surface area contributed by atoms with Gasteiger partial charge in [-0.2, -0.15) is 4.98 Å². The topological polar surface area (TPSA) is 80.5 Å². The van der Waals surface area contributed by atoms with Crippen LogP contribution in [0.1, 0.15) is 0 Å². The Morgan fingerprint density at radius 2 is 2.29 bits per heavy atom. The van der Waals surface area contributed by atoms with Gasteiger partial charge in [-0.15, -0.1) is 0 Å². The molecule has 0 aliphatic carbocycles.